The number of anilines is 3. The number of nitrogens with one attached hydrogen (secondary N) is 2. The number of aryl methyl sites for hydroxylation is 2. The number of hydrogen-bond acceptors (Lipinski definition) is 4. The highest BCUT2D eigenvalue weighted by molar-refractivity contribution is 6.00. The Hall–Kier alpha value is -2.53. The van der Waals surface area contributed by atoms with Gasteiger partial charge in [0.2, 0.25) is 0 Å². The van der Waals surface area contributed by atoms with Gasteiger partial charge in [0.15, 0.2) is 0 Å². The number of benzene rings is 2. The summed E-state index contributed by atoms with van der Waals surface area (Å²) in [7, 11) is 0. The summed E-state index contributed by atoms with van der Waals surface area (Å²) < 4.78 is 0. The summed E-state index contributed by atoms with van der Waals surface area (Å²) in [4.78, 5) is 11.8. The average molecular weight is 352 g/mol. The molecule has 1 aliphatic carbocycles. The summed E-state index contributed by atoms with van der Waals surface area (Å²) >= 11 is 0. The Morgan fingerprint density at radius 1 is 1.00 bits per heavy atom. The van der Waals surface area contributed by atoms with E-state index in [1.807, 2.05) is 12.1 Å². The molecule has 0 spiro atoms. The third-order valence-corrected chi connectivity index (χ3v) is 4.96. The van der Waals surface area contributed by atoms with Gasteiger partial charge in [-0.15, -0.1) is 0 Å². The van der Waals surface area contributed by atoms with Crippen molar-refractivity contribution in [2.24, 2.45) is 11.5 Å². The molecule has 26 heavy (non-hydrogen) atoms. The molecule has 1 amide bonds. The van der Waals surface area contributed by atoms with Crippen LogP contribution in [-0.4, -0.2) is 18.0 Å². The Balaban J connectivity index is 1.87. The first kappa shape index (κ1) is 18.3. The second-order valence-electron chi connectivity index (χ2n) is 7.33. The van der Waals surface area contributed by atoms with Crippen LogP contribution in [0.5, 0.6) is 0 Å². The Labute approximate surface area is 155 Å². The van der Waals surface area contributed by atoms with Crippen LogP contribution in [0.3, 0.4) is 0 Å². The van der Waals surface area contributed by atoms with Gasteiger partial charge in [-0.05, 0) is 68.1 Å². The quantitative estimate of drug-likeness (QED) is 0.658. The molecule has 2 aromatic carbocycles. The number of carbonyl (C=O) groups is 1. The van der Waals surface area contributed by atoms with Crippen molar-refractivity contribution in [3.63, 3.8) is 0 Å². The third kappa shape index (κ3) is 4.35. The fourth-order valence-electron chi connectivity index (χ4n) is 3.71. The maximum Gasteiger partial charge on any atom is 0.250 e. The lowest BCUT2D eigenvalue weighted by Gasteiger charge is -2.30. The van der Waals surface area contributed by atoms with Crippen molar-refractivity contribution in [3.8, 4) is 0 Å². The summed E-state index contributed by atoms with van der Waals surface area (Å²) in [6.07, 6.45) is 4.50. The molecular weight excluding hydrogens is 324 g/mol. The minimum atomic E-state index is -0.446. The summed E-state index contributed by atoms with van der Waals surface area (Å²) in [6, 6.07) is 12.2. The van der Waals surface area contributed by atoms with Gasteiger partial charge in [0.1, 0.15) is 0 Å². The predicted octanol–water partition coefficient (Wildman–Crippen LogP) is 3.83. The minimum Gasteiger partial charge on any atom is -0.381 e. The molecule has 138 valence electrons. The van der Waals surface area contributed by atoms with Crippen LogP contribution in [0, 0.1) is 13.8 Å². The van der Waals surface area contributed by atoms with Crippen molar-refractivity contribution < 1.29 is 4.79 Å². The molecule has 5 nitrogen and oxygen atoms in total. The number of nitrogens with two attached hydrogens (primary N) is 2. The number of hydrogen-bond donors (Lipinski definition) is 4. The maximum absolute atomic E-state index is 11.8. The smallest absolute Gasteiger partial charge is 0.250 e. The molecule has 1 aliphatic rings. The van der Waals surface area contributed by atoms with Crippen LogP contribution >= 0.6 is 0 Å². The van der Waals surface area contributed by atoms with E-state index in [0.717, 1.165) is 35.3 Å². The lowest BCUT2D eigenvalue weighted by atomic mass is 9.91. The van der Waals surface area contributed by atoms with Crippen LogP contribution in [0.1, 0.15) is 47.2 Å². The summed E-state index contributed by atoms with van der Waals surface area (Å²) in [5, 5.41) is 6.88. The Bertz CT molecular complexity index is 782. The molecule has 1 saturated carbocycles. The van der Waals surface area contributed by atoms with Crippen LogP contribution in [-0.2, 0) is 0 Å². The fraction of sp³-hybridized carbons (Fsp3) is 0.381. The predicted molar refractivity (Wildman–Crippen MR) is 108 cm³/mol. The van der Waals surface area contributed by atoms with E-state index in [1.165, 1.54) is 12.8 Å². The summed E-state index contributed by atoms with van der Waals surface area (Å²) in [5.74, 6) is -0.446. The molecule has 5 heteroatoms. The SMILES string of the molecule is Cc1cc(C)cc(Nc2cc(NC3CCCCC3N)ccc2C(N)=O)c1. The van der Waals surface area contributed by atoms with Crippen molar-refractivity contribution in [3.05, 3.63) is 53.1 Å². The first-order chi connectivity index (χ1) is 12.4. The molecular formula is C21H28N4O. The number of primary amides is 1. The zero-order valence-electron chi connectivity index (χ0n) is 15.5. The van der Waals surface area contributed by atoms with Gasteiger partial charge in [-0.2, -0.15) is 0 Å². The highest BCUT2D eigenvalue weighted by Crippen LogP contribution is 2.28. The molecule has 2 aromatic rings. The topological polar surface area (TPSA) is 93.2 Å². The molecule has 0 saturated heterocycles. The Kier molecular flexibility index (Phi) is 5.47. The van der Waals surface area contributed by atoms with E-state index in [2.05, 4.69) is 42.7 Å². The zero-order valence-corrected chi connectivity index (χ0v) is 15.5. The second kappa shape index (κ2) is 7.79. The van der Waals surface area contributed by atoms with E-state index in [0.29, 0.717) is 11.3 Å². The van der Waals surface area contributed by atoms with E-state index in [4.69, 9.17) is 11.5 Å². The number of amides is 1. The molecule has 1 fully saturated rings. The van der Waals surface area contributed by atoms with Crippen molar-refractivity contribution >= 4 is 23.0 Å². The standard InChI is InChI=1S/C21H28N4O/c1-13-9-14(2)11-16(10-13)25-20-12-15(7-8-17(20)21(23)26)24-19-6-4-3-5-18(19)22/h7-12,18-19,24-25H,3-6,22H2,1-2H3,(H2,23,26). The van der Waals surface area contributed by atoms with Gasteiger partial charge in [0, 0.05) is 23.5 Å². The highest BCUT2D eigenvalue weighted by Gasteiger charge is 2.22. The van der Waals surface area contributed by atoms with Gasteiger partial charge in [0.05, 0.1) is 11.3 Å². The van der Waals surface area contributed by atoms with E-state index >= 15 is 0 Å². The van der Waals surface area contributed by atoms with E-state index < -0.39 is 5.91 Å². The highest BCUT2D eigenvalue weighted by atomic mass is 16.1. The van der Waals surface area contributed by atoms with Gasteiger partial charge in [-0.25, -0.2) is 0 Å². The van der Waals surface area contributed by atoms with Gasteiger partial charge < -0.3 is 22.1 Å². The third-order valence-electron chi connectivity index (χ3n) is 4.96. The molecule has 0 aromatic heterocycles. The molecule has 2 atom stereocenters. The molecule has 0 aliphatic heterocycles. The van der Waals surface area contributed by atoms with Crippen molar-refractivity contribution in [1.82, 2.24) is 0 Å². The molecule has 2 unspecified atom stereocenters. The van der Waals surface area contributed by atoms with Gasteiger partial charge >= 0.3 is 0 Å². The number of rotatable bonds is 5. The van der Waals surface area contributed by atoms with E-state index in [-0.39, 0.29) is 12.1 Å². The van der Waals surface area contributed by atoms with Gasteiger partial charge in [0.25, 0.3) is 5.91 Å². The Morgan fingerprint density at radius 3 is 2.35 bits per heavy atom. The van der Waals surface area contributed by atoms with Crippen LogP contribution in [0.25, 0.3) is 0 Å². The maximum atomic E-state index is 11.8. The van der Waals surface area contributed by atoms with Crippen molar-refractivity contribution in [2.45, 2.75) is 51.6 Å². The fourth-order valence-corrected chi connectivity index (χ4v) is 3.71. The molecule has 0 bridgehead atoms. The van der Waals surface area contributed by atoms with E-state index in [1.54, 1.807) is 6.07 Å². The first-order valence-electron chi connectivity index (χ1n) is 9.23. The van der Waals surface area contributed by atoms with Gasteiger partial charge in [-0.1, -0.05) is 18.9 Å². The monoisotopic (exact) mass is 352 g/mol. The second-order valence-corrected chi connectivity index (χ2v) is 7.33. The lowest BCUT2D eigenvalue weighted by molar-refractivity contribution is 0.100. The van der Waals surface area contributed by atoms with Crippen molar-refractivity contribution in [1.29, 1.82) is 0 Å². The number of carbonyl (C=O) groups excluding carboxylic acids is 1. The zero-order chi connectivity index (χ0) is 18.7. The van der Waals surface area contributed by atoms with Crippen LogP contribution in [0.15, 0.2) is 36.4 Å². The summed E-state index contributed by atoms with van der Waals surface area (Å²) in [6.45, 7) is 4.10. The largest absolute Gasteiger partial charge is 0.381 e. The molecule has 0 radical (unpaired) electrons. The van der Waals surface area contributed by atoms with Crippen LogP contribution in [0.4, 0.5) is 17.1 Å². The Morgan fingerprint density at radius 2 is 1.69 bits per heavy atom. The lowest BCUT2D eigenvalue weighted by Crippen LogP contribution is -2.42. The minimum absolute atomic E-state index is 0.162. The van der Waals surface area contributed by atoms with Crippen LogP contribution in [0.2, 0.25) is 0 Å². The average Bonchev–Trinajstić information content (AvgIpc) is 2.56. The molecule has 3 rings (SSSR count). The first-order valence-corrected chi connectivity index (χ1v) is 9.23. The van der Waals surface area contributed by atoms with Crippen molar-refractivity contribution in [2.75, 3.05) is 10.6 Å². The van der Waals surface area contributed by atoms with E-state index in [9.17, 15) is 4.79 Å². The normalized spacial score (nSPS) is 19.8. The van der Waals surface area contributed by atoms with Crippen LogP contribution < -0.4 is 22.1 Å². The molecule has 0 heterocycles. The molecule has 6 N–H and O–H groups in total. The van der Waals surface area contributed by atoms with Gasteiger partial charge in [-0.3, -0.25) is 4.79 Å². The summed E-state index contributed by atoms with van der Waals surface area (Å²) in [5.41, 5.74) is 17.2.